The molecule has 10 rings (SSSR count). The van der Waals surface area contributed by atoms with Gasteiger partial charge in [0.25, 0.3) is 11.8 Å². The second-order valence-corrected chi connectivity index (χ2v) is 14.5. The summed E-state index contributed by atoms with van der Waals surface area (Å²) < 4.78 is 14.2. The van der Waals surface area contributed by atoms with Crippen LogP contribution in [0.2, 0.25) is 0 Å². The molecule has 16 heteroatoms. The van der Waals surface area contributed by atoms with Crippen LogP contribution in [0.3, 0.4) is 0 Å². The number of hydrogen-bond donors (Lipinski definition) is 3. The van der Waals surface area contributed by atoms with E-state index >= 15 is 0 Å². The zero-order valence-electron chi connectivity index (χ0n) is 31.4. The summed E-state index contributed by atoms with van der Waals surface area (Å²) in [5.41, 5.74) is 6.94. The number of amides is 2. The van der Waals surface area contributed by atoms with E-state index in [0.717, 1.165) is 22.3 Å². The van der Waals surface area contributed by atoms with Crippen molar-refractivity contribution in [3.63, 3.8) is 0 Å². The van der Waals surface area contributed by atoms with Crippen molar-refractivity contribution < 1.29 is 28.5 Å². The molecule has 16 nitrogen and oxygen atoms in total. The minimum atomic E-state index is -0.281. The van der Waals surface area contributed by atoms with Gasteiger partial charge in [-0.1, -0.05) is 46.7 Å². The van der Waals surface area contributed by atoms with Gasteiger partial charge in [0, 0.05) is 53.7 Å². The molecule has 0 aliphatic heterocycles. The number of rotatable bonds is 8. The molecule has 58 heavy (non-hydrogen) atoms. The van der Waals surface area contributed by atoms with E-state index in [4.69, 9.17) is 9.05 Å². The third-order valence-electron chi connectivity index (χ3n) is 10.4. The lowest BCUT2D eigenvalue weighted by Gasteiger charge is -2.27. The minimum Gasteiger partial charge on any atom is -0.393 e. The Morgan fingerprint density at radius 2 is 1.17 bits per heavy atom. The summed E-state index contributed by atoms with van der Waals surface area (Å²) in [4.78, 5) is 54.2. The first-order valence-electron chi connectivity index (χ1n) is 18.7. The van der Waals surface area contributed by atoms with Gasteiger partial charge in [-0.2, -0.15) is 9.97 Å². The van der Waals surface area contributed by atoms with Gasteiger partial charge in [-0.05, 0) is 74.2 Å². The number of anilines is 2. The van der Waals surface area contributed by atoms with Crippen molar-refractivity contribution in [1.29, 1.82) is 0 Å². The number of nitrogens with zero attached hydrogens (tertiary/aromatic N) is 8. The molecule has 2 aliphatic carbocycles. The number of imidazole rings is 2. The Balaban J connectivity index is 0.000000150. The molecule has 2 aromatic carbocycles. The zero-order valence-corrected chi connectivity index (χ0v) is 31.4. The highest BCUT2D eigenvalue weighted by Crippen LogP contribution is 2.37. The molecule has 2 aliphatic rings. The van der Waals surface area contributed by atoms with Crippen molar-refractivity contribution in [2.24, 2.45) is 0 Å². The summed E-state index contributed by atoms with van der Waals surface area (Å²) in [6.07, 6.45) is 8.64. The summed E-state index contributed by atoms with van der Waals surface area (Å²) in [7, 11) is 0. The molecule has 8 aromatic rings. The van der Waals surface area contributed by atoms with E-state index in [1.54, 1.807) is 33.6 Å². The number of ketones is 1. The molecule has 2 amide bonds. The average molecular weight is 777 g/mol. The topological polar surface area (TPSA) is 208 Å². The first-order valence-corrected chi connectivity index (χ1v) is 18.7. The van der Waals surface area contributed by atoms with Crippen LogP contribution in [0.15, 0.2) is 107 Å². The van der Waals surface area contributed by atoms with Gasteiger partial charge in [-0.25, -0.2) is 9.97 Å². The fourth-order valence-electron chi connectivity index (χ4n) is 6.86. The Bertz CT molecular complexity index is 2840. The largest absolute Gasteiger partial charge is 0.393 e. The molecule has 3 N–H and O–H groups in total. The highest BCUT2D eigenvalue weighted by molar-refractivity contribution is 6.05. The van der Waals surface area contributed by atoms with E-state index in [1.807, 2.05) is 86.6 Å². The lowest BCUT2D eigenvalue weighted by Crippen LogP contribution is -2.26. The van der Waals surface area contributed by atoms with Gasteiger partial charge in [0.2, 0.25) is 23.4 Å². The van der Waals surface area contributed by atoms with Crippen LogP contribution in [0.5, 0.6) is 0 Å². The molecule has 6 heterocycles. The van der Waals surface area contributed by atoms with Gasteiger partial charge in [0.05, 0.1) is 24.4 Å². The maximum Gasteiger partial charge on any atom is 0.274 e. The quantitative estimate of drug-likeness (QED) is 0.150. The van der Waals surface area contributed by atoms with E-state index in [9.17, 15) is 19.5 Å². The number of Topliss-reactive ketones (excluding diaryl/α,β-unsaturated/α-hetero) is 1. The third-order valence-corrected chi connectivity index (χ3v) is 10.4. The monoisotopic (exact) mass is 776 g/mol. The van der Waals surface area contributed by atoms with Crippen LogP contribution in [0, 0.1) is 13.8 Å². The van der Waals surface area contributed by atoms with E-state index in [-0.39, 0.29) is 35.5 Å². The minimum absolute atomic E-state index is 0.0171. The number of aliphatic hydroxyl groups is 1. The molecule has 290 valence electrons. The highest BCUT2D eigenvalue weighted by Gasteiger charge is 2.34. The van der Waals surface area contributed by atoms with E-state index in [2.05, 4.69) is 40.9 Å². The smallest absolute Gasteiger partial charge is 0.274 e. The molecule has 0 bridgehead atoms. The lowest BCUT2D eigenvalue weighted by molar-refractivity contribution is -0.125. The number of aliphatic hydroxyl groups excluding tert-OH is 1. The Kier molecular flexibility index (Phi) is 9.37. The highest BCUT2D eigenvalue weighted by atomic mass is 16.5. The maximum absolute atomic E-state index is 12.8. The fourth-order valence-corrected chi connectivity index (χ4v) is 6.86. The molecule has 0 spiro atoms. The first-order chi connectivity index (χ1) is 28.2. The Morgan fingerprint density at radius 1 is 0.690 bits per heavy atom. The number of nitrogens with one attached hydrogen (secondary N) is 2. The predicted octanol–water partition coefficient (Wildman–Crippen LogP) is 6.57. The third kappa shape index (κ3) is 7.12. The van der Waals surface area contributed by atoms with Gasteiger partial charge >= 0.3 is 0 Å². The number of fused-ring (bicyclic) bond motifs is 2. The number of aryl methyl sites for hydroxylation is 2. The van der Waals surface area contributed by atoms with Crippen molar-refractivity contribution in [2.45, 2.75) is 57.5 Å². The van der Waals surface area contributed by atoms with Crippen LogP contribution >= 0.6 is 0 Å². The summed E-state index contributed by atoms with van der Waals surface area (Å²) in [5, 5.41) is 23.4. The summed E-state index contributed by atoms with van der Waals surface area (Å²) >= 11 is 0. The molecule has 0 radical (unpaired) electrons. The average Bonchev–Trinajstić information content (AvgIpc) is 4.04. The van der Waals surface area contributed by atoms with Gasteiger partial charge < -0.3 is 24.8 Å². The van der Waals surface area contributed by atoms with E-state index in [0.29, 0.717) is 83.2 Å². The fraction of sp³-hybridized carbons (Fsp3) is 0.214. The molecular weight excluding hydrogens is 741 g/mol. The van der Waals surface area contributed by atoms with Crippen molar-refractivity contribution >= 4 is 40.3 Å². The van der Waals surface area contributed by atoms with Crippen molar-refractivity contribution in [2.75, 3.05) is 10.6 Å². The Morgan fingerprint density at radius 3 is 1.64 bits per heavy atom. The standard InChI is InChI=1S/C21H19N5O3.C21H17N5O3/c2*1-12-5-6-13(19-24-21(29-25-19)14-8-15(27)9-14)10-16(12)23-20(28)17-11-22-18-4-2-3-7-26(17)18/h2-7,10-11,14-15,27H,8-9H2,1H3,(H,23,28);2-7,10-11,14H,8-9H2,1H3,(H,23,28). The van der Waals surface area contributed by atoms with Gasteiger partial charge in [0.1, 0.15) is 28.5 Å². The number of aromatic nitrogens is 8. The van der Waals surface area contributed by atoms with Crippen LogP contribution < -0.4 is 10.6 Å². The van der Waals surface area contributed by atoms with Gasteiger partial charge in [0.15, 0.2) is 0 Å². The summed E-state index contributed by atoms with van der Waals surface area (Å²) in [6, 6.07) is 22.3. The molecule has 0 saturated heterocycles. The molecular formula is C42H36N10O6. The number of pyridine rings is 2. The van der Waals surface area contributed by atoms with Crippen LogP contribution in [-0.2, 0) is 4.79 Å². The number of hydrogen-bond acceptors (Lipinski definition) is 12. The van der Waals surface area contributed by atoms with Crippen LogP contribution in [0.25, 0.3) is 34.1 Å². The second kappa shape index (κ2) is 15.0. The van der Waals surface area contributed by atoms with E-state index in [1.165, 1.54) is 0 Å². The maximum atomic E-state index is 12.8. The Labute approximate surface area is 330 Å². The van der Waals surface area contributed by atoms with Gasteiger partial charge in [-0.3, -0.25) is 23.2 Å². The normalized spacial score (nSPS) is 16.4. The van der Waals surface area contributed by atoms with Crippen molar-refractivity contribution in [3.8, 4) is 22.8 Å². The van der Waals surface area contributed by atoms with Crippen LogP contribution in [0.4, 0.5) is 11.4 Å². The number of carbonyl (C=O) groups is 3. The van der Waals surface area contributed by atoms with E-state index < -0.39 is 0 Å². The molecule has 2 fully saturated rings. The summed E-state index contributed by atoms with van der Waals surface area (Å²) in [5.74, 6) is 1.76. The first kappa shape index (κ1) is 36.3. The van der Waals surface area contributed by atoms with Crippen molar-refractivity contribution in [1.82, 2.24) is 39.1 Å². The molecule has 0 atom stereocenters. The zero-order chi connectivity index (χ0) is 39.9. The van der Waals surface area contributed by atoms with Crippen molar-refractivity contribution in [3.05, 3.63) is 132 Å². The number of carbonyl (C=O) groups excluding carboxylic acids is 3. The second-order valence-electron chi connectivity index (χ2n) is 14.5. The lowest BCUT2D eigenvalue weighted by atomic mass is 9.82. The number of benzene rings is 2. The van der Waals surface area contributed by atoms with Gasteiger partial charge in [-0.15, -0.1) is 0 Å². The molecule has 6 aromatic heterocycles. The van der Waals surface area contributed by atoms with Crippen LogP contribution in [0.1, 0.15) is 81.4 Å². The summed E-state index contributed by atoms with van der Waals surface area (Å²) in [6.45, 7) is 3.83. The molecule has 2 saturated carbocycles. The Hall–Kier alpha value is -7.33. The van der Waals surface area contributed by atoms with Crippen LogP contribution in [-0.4, -0.2) is 67.9 Å². The SMILES string of the molecule is Cc1ccc(-c2noc(C3CC(=O)C3)n2)cc1NC(=O)c1cnc2ccccn12.Cc1ccc(-c2noc(C3CC(O)C3)n2)cc1NC(=O)c1cnc2ccccn12. The molecule has 0 unspecified atom stereocenters. The predicted molar refractivity (Wildman–Crippen MR) is 210 cm³/mol.